The van der Waals surface area contributed by atoms with Gasteiger partial charge in [0.2, 0.25) is 0 Å². The Morgan fingerprint density at radius 2 is 2.05 bits per heavy atom. The highest BCUT2D eigenvalue weighted by molar-refractivity contribution is 7.98. The van der Waals surface area contributed by atoms with Gasteiger partial charge in [-0.15, -0.1) is 11.3 Å². The number of benzene rings is 1. The summed E-state index contributed by atoms with van der Waals surface area (Å²) < 4.78 is 0. The zero-order valence-corrected chi connectivity index (χ0v) is 12.7. The van der Waals surface area contributed by atoms with Crippen molar-refractivity contribution in [3.63, 3.8) is 0 Å². The van der Waals surface area contributed by atoms with Gasteiger partial charge in [0, 0.05) is 16.7 Å². The third-order valence-electron chi connectivity index (χ3n) is 2.54. The fraction of sp³-hybridized carbons (Fsp3) is 0.333. The highest BCUT2D eigenvalue weighted by Crippen LogP contribution is 2.25. The number of thiazole rings is 1. The minimum absolute atomic E-state index is 0.687. The first-order valence-corrected chi connectivity index (χ1v) is 8.25. The van der Waals surface area contributed by atoms with E-state index in [4.69, 9.17) is 5.26 Å². The molecule has 0 saturated heterocycles. The minimum Gasteiger partial charge on any atom is -0.240 e. The van der Waals surface area contributed by atoms with Gasteiger partial charge in [-0.05, 0) is 23.8 Å². The monoisotopic (exact) mass is 288 g/mol. The molecule has 0 N–H and O–H groups in total. The van der Waals surface area contributed by atoms with E-state index in [0.29, 0.717) is 5.56 Å². The topological polar surface area (TPSA) is 36.7 Å². The van der Waals surface area contributed by atoms with Crippen LogP contribution in [0.5, 0.6) is 0 Å². The van der Waals surface area contributed by atoms with E-state index in [0.717, 1.165) is 22.9 Å². The van der Waals surface area contributed by atoms with Gasteiger partial charge in [0.05, 0.1) is 17.3 Å². The molecule has 1 aromatic carbocycles. The van der Waals surface area contributed by atoms with Gasteiger partial charge in [-0.1, -0.05) is 26.0 Å². The number of rotatable bonds is 5. The summed E-state index contributed by atoms with van der Waals surface area (Å²) in [6.45, 7) is 4.47. The van der Waals surface area contributed by atoms with Crippen LogP contribution in [-0.2, 0) is 5.75 Å². The Kier molecular flexibility index (Phi) is 5.00. The Hall–Kier alpha value is -1.31. The van der Waals surface area contributed by atoms with Crippen LogP contribution >= 0.6 is 23.1 Å². The predicted octanol–water partition coefficient (Wildman–Crippen LogP) is 4.57. The number of nitrogens with zero attached hydrogens (tertiary/aromatic N) is 2. The van der Waals surface area contributed by atoms with E-state index in [1.54, 1.807) is 11.3 Å². The smallest absolute Gasteiger partial charge is 0.103 e. The Labute approximate surface area is 122 Å². The van der Waals surface area contributed by atoms with Crippen LogP contribution in [0, 0.1) is 17.2 Å². The third-order valence-corrected chi connectivity index (χ3v) is 4.95. The summed E-state index contributed by atoms with van der Waals surface area (Å²) in [6.07, 6.45) is 0. The van der Waals surface area contributed by atoms with Crippen LogP contribution in [0.15, 0.2) is 29.6 Å². The Morgan fingerprint density at radius 3 is 2.68 bits per heavy atom. The molecule has 98 valence electrons. The molecule has 2 aromatic rings. The van der Waals surface area contributed by atoms with Crippen molar-refractivity contribution in [1.29, 1.82) is 5.26 Å². The summed E-state index contributed by atoms with van der Waals surface area (Å²) in [5.74, 6) is 2.88. The largest absolute Gasteiger partial charge is 0.240 e. The zero-order chi connectivity index (χ0) is 13.7. The quantitative estimate of drug-likeness (QED) is 0.808. The van der Waals surface area contributed by atoms with Crippen LogP contribution in [-0.4, -0.2) is 10.7 Å². The number of aromatic nitrogens is 1. The molecule has 0 bridgehead atoms. The maximum Gasteiger partial charge on any atom is 0.103 e. The van der Waals surface area contributed by atoms with Gasteiger partial charge in [-0.3, -0.25) is 0 Å². The highest BCUT2D eigenvalue weighted by Gasteiger charge is 2.05. The highest BCUT2D eigenvalue weighted by atomic mass is 32.2. The van der Waals surface area contributed by atoms with E-state index in [9.17, 15) is 0 Å². The molecule has 19 heavy (non-hydrogen) atoms. The van der Waals surface area contributed by atoms with Gasteiger partial charge in [-0.2, -0.15) is 17.0 Å². The van der Waals surface area contributed by atoms with Crippen LogP contribution in [0.25, 0.3) is 11.3 Å². The first kappa shape index (κ1) is 14.1. The molecule has 0 atom stereocenters. The second-order valence-electron chi connectivity index (χ2n) is 4.72. The van der Waals surface area contributed by atoms with E-state index in [1.165, 1.54) is 10.8 Å². The second-order valence-corrected chi connectivity index (χ2v) is 6.70. The van der Waals surface area contributed by atoms with Crippen molar-refractivity contribution in [2.24, 2.45) is 5.92 Å². The standard InChI is InChI=1S/C15H16N2S2/c1-11(2)8-18-10-15-17-14(9-19-15)13-5-3-12(7-16)4-6-13/h3-6,9,11H,8,10H2,1-2H3. The minimum atomic E-state index is 0.687. The third kappa shape index (κ3) is 4.09. The number of hydrogen-bond acceptors (Lipinski definition) is 4. The predicted molar refractivity (Wildman–Crippen MR) is 83.3 cm³/mol. The van der Waals surface area contributed by atoms with E-state index in [1.807, 2.05) is 36.0 Å². The molecule has 2 nitrogen and oxygen atoms in total. The summed E-state index contributed by atoms with van der Waals surface area (Å²) in [7, 11) is 0. The molecule has 0 aliphatic heterocycles. The molecule has 4 heteroatoms. The van der Waals surface area contributed by atoms with Gasteiger partial charge in [-0.25, -0.2) is 4.98 Å². The average molecular weight is 288 g/mol. The van der Waals surface area contributed by atoms with Crippen LogP contribution < -0.4 is 0 Å². The van der Waals surface area contributed by atoms with Crippen LogP contribution in [0.2, 0.25) is 0 Å². The lowest BCUT2D eigenvalue weighted by Gasteiger charge is -2.01. The summed E-state index contributed by atoms with van der Waals surface area (Å²) >= 11 is 3.64. The summed E-state index contributed by atoms with van der Waals surface area (Å²) in [5, 5.41) is 12.0. The van der Waals surface area contributed by atoms with Gasteiger partial charge in [0.25, 0.3) is 0 Å². The van der Waals surface area contributed by atoms with E-state index in [2.05, 4.69) is 30.3 Å². The van der Waals surface area contributed by atoms with E-state index < -0.39 is 0 Å². The lowest BCUT2D eigenvalue weighted by molar-refractivity contribution is 0.750. The second kappa shape index (κ2) is 6.74. The Morgan fingerprint density at radius 1 is 1.32 bits per heavy atom. The lowest BCUT2D eigenvalue weighted by Crippen LogP contribution is -1.91. The molecule has 0 unspecified atom stereocenters. The Bertz CT molecular complexity index is 565. The normalized spacial score (nSPS) is 10.6. The molecule has 0 saturated carbocycles. The number of thioether (sulfide) groups is 1. The van der Waals surface area contributed by atoms with Crippen LogP contribution in [0.4, 0.5) is 0 Å². The molecule has 0 fully saturated rings. The molecule has 1 heterocycles. The fourth-order valence-electron chi connectivity index (χ4n) is 1.61. The zero-order valence-electron chi connectivity index (χ0n) is 11.1. The van der Waals surface area contributed by atoms with Crippen molar-refractivity contribution in [2.45, 2.75) is 19.6 Å². The number of hydrogen-bond donors (Lipinski definition) is 0. The van der Waals surface area contributed by atoms with Crippen molar-refractivity contribution in [3.8, 4) is 17.3 Å². The fourth-order valence-corrected chi connectivity index (χ4v) is 3.55. The first-order valence-electron chi connectivity index (χ1n) is 6.21. The molecule has 0 spiro atoms. The van der Waals surface area contributed by atoms with Crippen LogP contribution in [0.3, 0.4) is 0 Å². The van der Waals surface area contributed by atoms with E-state index >= 15 is 0 Å². The molecule has 0 aliphatic carbocycles. The van der Waals surface area contributed by atoms with Crippen molar-refractivity contribution < 1.29 is 0 Å². The molecule has 2 rings (SSSR count). The first-order chi connectivity index (χ1) is 9.19. The van der Waals surface area contributed by atoms with Crippen molar-refractivity contribution in [1.82, 2.24) is 4.98 Å². The average Bonchev–Trinajstić information content (AvgIpc) is 2.87. The maximum atomic E-state index is 8.78. The van der Waals surface area contributed by atoms with E-state index in [-0.39, 0.29) is 0 Å². The van der Waals surface area contributed by atoms with Gasteiger partial charge in [0.15, 0.2) is 0 Å². The lowest BCUT2D eigenvalue weighted by atomic mass is 10.1. The summed E-state index contributed by atoms with van der Waals surface area (Å²) in [6, 6.07) is 9.71. The molecule has 0 aliphatic rings. The molecule has 1 aromatic heterocycles. The summed E-state index contributed by atoms with van der Waals surface area (Å²) in [5.41, 5.74) is 2.77. The summed E-state index contributed by atoms with van der Waals surface area (Å²) in [4.78, 5) is 4.65. The maximum absolute atomic E-state index is 8.78. The molecular weight excluding hydrogens is 272 g/mol. The number of nitriles is 1. The molecule has 0 amide bonds. The van der Waals surface area contributed by atoms with Crippen molar-refractivity contribution in [3.05, 3.63) is 40.2 Å². The molecular formula is C15H16N2S2. The Balaban J connectivity index is 2.01. The molecule has 0 radical (unpaired) electrons. The van der Waals surface area contributed by atoms with Gasteiger partial charge in [0.1, 0.15) is 5.01 Å². The van der Waals surface area contributed by atoms with Crippen LogP contribution in [0.1, 0.15) is 24.4 Å². The van der Waals surface area contributed by atoms with Crippen molar-refractivity contribution in [2.75, 3.05) is 5.75 Å². The van der Waals surface area contributed by atoms with Gasteiger partial charge < -0.3 is 0 Å². The van der Waals surface area contributed by atoms with Crippen molar-refractivity contribution >= 4 is 23.1 Å². The SMILES string of the molecule is CC(C)CSCc1nc(-c2ccc(C#N)cc2)cs1. The van der Waals surface area contributed by atoms with Gasteiger partial charge >= 0.3 is 0 Å².